The normalized spacial score (nSPS) is 21.2. The molecule has 7 heteroatoms. The highest BCUT2D eigenvalue weighted by Gasteiger charge is 2.30. The van der Waals surface area contributed by atoms with Gasteiger partial charge in [0.2, 0.25) is 5.91 Å². The molecule has 0 aliphatic carbocycles. The van der Waals surface area contributed by atoms with Gasteiger partial charge < -0.3 is 14.5 Å². The first-order chi connectivity index (χ1) is 13.1. The average molecular weight is 377 g/mol. The SMILES string of the molecule is COC(=O)CCC(=O)N1CCCC(N2CCN(c3ccc(F)cc3)CC2)C1. The molecule has 1 aromatic rings. The van der Waals surface area contributed by atoms with Crippen LogP contribution in [-0.4, -0.2) is 74.1 Å². The number of amides is 1. The van der Waals surface area contributed by atoms with Gasteiger partial charge in [-0.2, -0.15) is 0 Å². The summed E-state index contributed by atoms with van der Waals surface area (Å²) in [5.74, 6) is -0.513. The van der Waals surface area contributed by atoms with Crippen LogP contribution in [-0.2, 0) is 14.3 Å². The predicted octanol–water partition coefficient (Wildman–Crippen LogP) is 1.89. The zero-order valence-electron chi connectivity index (χ0n) is 15.9. The van der Waals surface area contributed by atoms with Crippen LogP contribution in [0.1, 0.15) is 25.7 Å². The summed E-state index contributed by atoms with van der Waals surface area (Å²) in [6.45, 7) is 5.18. The number of piperidine rings is 1. The Labute approximate surface area is 159 Å². The number of ether oxygens (including phenoxy) is 1. The Morgan fingerprint density at radius 3 is 2.44 bits per heavy atom. The van der Waals surface area contributed by atoms with Crippen LogP contribution in [0.3, 0.4) is 0 Å². The number of benzene rings is 1. The number of rotatable bonds is 5. The second-order valence-corrected chi connectivity index (χ2v) is 7.21. The van der Waals surface area contributed by atoms with Gasteiger partial charge in [-0.15, -0.1) is 0 Å². The Kier molecular flexibility index (Phi) is 6.66. The highest BCUT2D eigenvalue weighted by Crippen LogP contribution is 2.21. The molecule has 3 rings (SSSR count). The van der Waals surface area contributed by atoms with Gasteiger partial charge in [0.05, 0.1) is 13.5 Å². The van der Waals surface area contributed by atoms with Crippen LogP contribution in [0.15, 0.2) is 24.3 Å². The predicted molar refractivity (Wildman–Crippen MR) is 101 cm³/mol. The lowest BCUT2D eigenvalue weighted by Crippen LogP contribution is -2.55. The molecule has 2 fully saturated rings. The second-order valence-electron chi connectivity index (χ2n) is 7.21. The number of methoxy groups -OCH3 is 1. The number of carbonyl (C=O) groups excluding carboxylic acids is 2. The summed E-state index contributed by atoms with van der Waals surface area (Å²) in [6, 6.07) is 7.03. The summed E-state index contributed by atoms with van der Waals surface area (Å²) in [6.07, 6.45) is 2.45. The van der Waals surface area contributed by atoms with E-state index in [1.807, 2.05) is 17.0 Å². The number of hydrogen-bond acceptors (Lipinski definition) is 5. The fourth-order valence-electron chi connectivity index (χ4n) is 3.95. The van der Waals surface area contributed by atoms with Crippen molar-refractivity contribution in [3.8, 4) is 0 Å². The summed E-state index contributed by atoms with van der Waals surface area (Å²) in [5.41, 5.74) is 1.05. The zero-order valence-corrected chi connectivity index (χ0v) is 15.9. The maximum absolute atomic E-state index is 13.1. The van der Waals surface area contributed by atoms with Crippen molar-refractivity contribution in [1.82, 2.24) is 9.80 Å². The molecule has 148 valence electrons. The number of nitrogens with zero attached hydrogens (tertiary/aromatic N) is 3. The number of hydrogen-bond donors (Lipinski definition) is 0. The Morgan fingerprint density at radius 2 is 1.78 bits per heavy atom. The van der Waals surface area contributed by atoms with Crippen molar-refractivity contribution >= 4 is 17.6 Å². The molecule has 1 atom stereocenters. The van der Waals surface area contributed by atoms with Gasteiger partial charge in [0, 0.05) is 57.4 Å². The first-order valence-corrected chi connectivity index (χ1v) is 9.66. The van der Waals surface area contributed by atoms with E-state index in [9.17, 15) is 14.0 Å². The third-order valence-corrected chi connectivity index (χ3v) is 5.54. The number of anilines is 1. The van der Waals surface area contributed by atoms with Crippen LogP contribution in [0, 0.1) is 5.82 Å². The van der Waals surface area contributed by atoms with Crippen molar-refractivity contribution in [2.75, 3.05) is 51.3 Å². The Bertz CT molecular complexity index is 644. The molecule has 2 aliphatic heterocycles. The van der Waals surface area contributed by atoms with Gasteiger partial charge in [0.15, 0.2) is 0 Å². The molecule has 0 aromatic heterocycles. The molecule has 2 saturated heterocycles. The standard InChI is InChI=1S/C20H28FN3O3/c1-27-20(26)9-8-19(25)24-10-2-3-18(15-24)23-13-11-22(12-14-23)17-6-4-16(21)5-7-17/h4-7,18H,2-3,8-15H2,1H3. The molecule has 0 spiro atoms. The van der Waals surface area contributed by atoms with Crippen molar-refractivity contribution in [3.05, 3.63) is 30.1 Å². The van der Waals surface area contributed by atoms with Crippen molar-refractivity contribution in [1.29, 1.82) is 0 Å². The summed E-state index contributed by atoms with van der Waals surface area (Å²) >= 11 is 0. The molecule has 0 N–H and O–H groups in total. The smallest absolute Gasteiger partial charge is 0.306 e. The lowest BCUT2D eigenvalue weighted by molar-refractivity contribution is -0.144. The third kappa shape index (κ3) is 5.19. The number of esters is 1. The molecule has 1 unspecified atom stereocenters. The van der Waals surface area contributed by atoms with E-state index < -0.39 is 0 Å². The molecule has 27 heavy (non-hydrogen) atoms. The largest absolute Gasteiger partial charge is 0.469 e. The average Bonchev–Trinajstić information content (AvgIpc) is 2.72. The molecular formula is C20H28FN3O3. The van der Waals surface area contributed by atoms with Gasteiger partial charge in [-0.25, -0.2) is 4.39 Å². The van der Waals surface area contributed by atoms with E-state index in [0.717, 1.165) is 57.8 Å². The molecular weight excluding hydrogens is 349 g/mol. The Hall–Kier alpha value is -2.15. The number of halogens is 1. The van der Waals surface area contributed by atoms with E-state index in [-0.39, 0.29) is 30.5 Å². The second kappa shape index (κ2) is 9.17. The topological polar surface area (TPSA) is 53.1 Å². The highest BCUT2D eigenvalue weighted by atomic mass is 19.1. The Morgan fingerprint density at radius 1 is 1.07 bits per heavy atom. The maximum atomic E-state index is 13.1. The van der Waals surface area contributed by atoms with Crippen molar-refractivity contribution in [2.24, 2.45) is 0 Å². The van der Waals surface area contributed by atoms with Gasteiger partial charge in [0.1, 0.15) is 5.82 Å². The zero-order chi connectivity index (χ0) is 19.2. The van der Waals surface area contributed by atoms with Gasteiger partial charge in [0.25, 0.3) is 0 Å². The maximum Gasteiger partial charge on any atom is 0.306 e. The monoisotopic (exact) mass is 377 g/mol. The molecule has 0 saturated carbocycles. The fourth-order valence-corrected chi connectivity index (χ4v) is 3.95. The van der Waals surface area contributed by atoms with Crippen LogP contribution >= 0.6 is 0 Å². The summed E-state index contributed by atoms with van der Waals surface area (Å²) in [5, 5.41) is 0. The van der Waals surface area contributed by atoms with Crippen molar-refractivity contribution < 1.29 is 18.7 Å². The minimum absolute atomic E-state index is 0.0371. The van der Waals surface area contributed by atoms with E-state index in [4.69, 9.17) is 0 Å². The molecule has 2 heterocycles. The number of carbonyl (C=O) groups is 2. The van der Waals surface area contributed by atoms with E-state index in [1.54, 1.807) is 0 Å². The van der Waals surface area contributed by atoms with Crippen LogP contribution in [0.25, 0.3) is 0 Å². The van der Waals surface area contributed by atoms with Crippen LogP contribution in [0.5, 0.6) is 0 Å². The summed E-state index contributed by atoms with van der Waals surface area (Å²) in [4.78, 5) is 30.2. The van der Waals surface area contributed by atoms with E-state index >= 15 is 0 Å². The van der Waals surface area contributed by atoms with Gasteiger partial charge >= 0.3 is 5.97 Å². The minimum atomic E-state index is -0.339. The quantitative estimate of drug-likeness (QED) is 0.734. The fraction of sp³-hybridized carbons (Fsp3) is 0.600. The summed E-state index contributed by atoms with van der Waals surface area (Å²) in [7, 11) is 1.34. The van der Waals surface area contributed by atoms with E-state index in [1.165, 1.54) is 19.2 Å². The minimum Gasteiger partial charge on any atom is -0.469 e. The van der Waals surface area contributed by atoms with Crippen LogP contribution in [0.2, 0.25) is 0 Å². The van der Waals surface area contributed by atoms with Gasteiger partial charge in [-0.05, 0) is 37.1 Å². The van der Waals surface area contributed by atoms with E-state index in [2.05, 4.69) is 14.5 Å². The summed E-state index contributed by atoms with van der Waals surface area (Å²) < 4.78 is 17.7. The van der Waals surface area contributed by atoms with Crippen molar-refractivity contribution in [2.45, 2.75) is 31.7 Å². The van der Waals surface area contributed by atoms with Crippen molar-refractivity contribution in [3.63, 3.8) is 0 Å². The molecule has 2 aliphatic rings. The first kappa shape index (κ1) is 19.6. The lowest BCUT2D eigenvalue weighted by Gasteiger charge is -2.44. The highest BCUT2D eigenvalue weighted by molar-refractivity contribution is 5.81. The van der Waals surface area contributed by atoms with E-state index in [0.29, 0.717) is 6.04 Å². The molecule has 1 aromatic carbocycles. The Balaban J connectivity index is 1.48. The number of piperazine rings is 1. The third-order valence-electron chi connectivity index (χ3n) is 5.54. The van der Waals surface area contributed by atoms with Crippen LogP contribution in [0.4, 0.5) is 10.1 Å². The number of likely N-dealkylation sites (tertiary alicyclic amines) is 1. The lowest BCUT2D eigenvalue weighted by atomic mass is 10.0. The molecule has 0 radical (unpaired) electrons. The molecule has 1 amide bonds. The molecule has 6 nitrogen and oxygen atoms in total. The van der Waals surface area contributed by atoms with Gasteiger partial charge in [-0.3, -0.25) is 14.5 Å². The molecule has 0 bridgehead atoms. The van der Waals surface area contributed by atoms with Gasteiger partial charge in [-0.1, -0.05) is 0 Å². The first-order valence-electron chi connectivity index (χ1n) is 9.66. The van der Waals surface area contributed by atoms with Crippen LogP contribution < -0.4 is 4.90 Å².